The second-order valence-electron chi connectivity index (χ2n) is 6.20. The molecule has 29 heavy (non-hydrogen) atoms. The molecule has 7 nitrogen and oxygen atoms in total. The summed E-state index contributed by atoms with van der Waals surface area (Å²) in [4.78, 5) is 28.8. The van der Waals surface area contributed by atoms with E-state index in [1.54, 1.807) is 30.6 Å². The van der Waals surface area contributed by atoms with E-state index in [1.807, 2.05) is 22.8 Å². The molecule has 0 saturated heterocycles. The minimum absolute atomic E-state index is 0.0894. The van der Waals surface area contributed by atoms with Crippen LogP contribution in [0.1, 0.15) is 17.3 Å². The Morgan fingerprint density at radius 3 is 2.79 bits per heavy atom. The zero-order valence-corrected chi connectivity index (χ0v) is 16.9. The molecule has 2 aromatic carbocycles. The minimum Gasteiger partial charge on any atom is -0.454 e. The lowest BCUT2D eigenvalue weighted by Crippen LogP contribution is -2.16. The largest absolute Gasteiger partial charge is 0.454 e. The van der Waals surface area contributed by atoms with Crippen molar-refractivity contribution in [3.05, 3.63) is 59.4 Å². The van der Waals surface area contributed by atoms with Gasteiger partial charge in [0.25, 0.3) is 0 Å². The molecule has 3 aromatic rings. The zero-order valence-electron chi connectivity index (χ0n) is 15.3. The number of benzene rings is 2. The van der Waals surface area contributed by atoms with Crippen LogP contribution in [0.4, 0.5) is 5.69 Å². The van der Waals surface area contributed by atoms with Crippen LogP contribution in [0.25, 0.3) is 5.69 Å². The Kier molecular flexibility index (Phi) is 5.46. The lowest BCUT2D eigenvalue weighted by molar-refractivity contribution is -0.113. The number of carbonyl (C=O) groups excluding carboxylic acids is 2. The van der Waals surface area contributed by atoms with Crippen molar-refractivity contribution >= 4 is 40.7 Å². The Hall–Kier alpha value is -2.97. The molecule has 1 N–H and O–H groups in total. The third-order valence-electron chi connectivity index (χ3n) is 4.19. The molecule has 4 rings (SSSR count). The van der Waals surface area contributed by atoms with Gasteiger partial charge < -0.3 is 14.8 Å². The predicted molar refractivity (Wildman–Crippen MR) is 110 cm³/mol. The van der Waals surface area contributed by atoms with Crippen molar-refractivity contribution in [1.82, 2.24) is 9.55 Å². The Labute approximate surface area is 176 Å². The van der Waals surface area contributed by atoms with Crippen molar-refractivity contribution in [2.45, 2.75) is 12.1 Å². The molecule has 0 saturated carbocycles. The molecule has 1 aliphatic rings. The van der Waals surface area contributed by atoms with Crippen LogP contribution in [0.15, 0.2) is 53.9 Å². The van der Waals surface area contributed by atoms with Gasteiger partial charge in [0.15, 0.2) is 22.4 Å². The van der Waals surface area contributed by atoms with Crippen LogP contribution in [0, 0.1) is 0 Å². The molecule has 0 atom stereocenters. The highest BCUT2D eigenvalue weighted by Gasteiger charge is 2.20. The number of aromatic nitrogens is 2. The van der Waals surface area contributed by atoms with Crippen molar-refractivity contribution in [3.63, 3.8) is 0 Å². The Balaban J connectivity index is 1.47. The molecule has 1 amide bonds. The standard InChI is InChI=1S/C20H16ClN3O4S/c1-12(25)15-8-17-18(28-11-27-17)9-16(15)23-19(26)10-29-20-22-5-6-24(20)14-4-2-3-13(21)7-14/h2-9H,10-11H2,1H3,(H,23,26). The number of carbonyl (C=O) groups is 2. The third kappa shape index (κ3) is 4.23. The number of ketones is 1. The van der Waals surface area contributed by atoms with Crippen LogP contribution in [0.2, 0.25) is 5.02 Å². The fourth-order valence-corrected chi connectivity index (χ4v) is 3.83. The number of anilines is 1. The number of nitrogens with zero attached hydrogens (tertiary/aromatic N) is 2. The van der Waals surface area contributed by atoms with Crippen LogP contribution in [-0.4, -0.2) is 33.8 Å². The molecule has 0 bridgehead atoms. The quantitative estimate of drug-likeness (QED) is 0.467. The maximum absolute atomic E-state index is 12.5. The van der Waals surface area contributed by atoms with Gasteiger partial charge in [-0.2, -0.15) is 0 Å². The Morgan fingerprint density at radius 1 is 1.24 bits per heavy atom. The Bertz CT molecular complexity index is 1100. The van der Waals surface area contributed by atoms with Crippen molar-refractivity contribution in [1.29, 1.82) is 0 Å². The van der Waals surface area contributed by atoms with Gasteiger partial charge in [-0.25, -0.2) is 4.98 Å². The Morgan fingerprint density at radius 2 is 2.03 bits per heavy atom. The van der Waals surface area contributed by atoms with Crippen LogP contribution in [-0.2, 0) is 4.79 Å². The van der Waals surface area contributed by atoms with Gasteiger partial charge in [-0.05, 0) is 31.2 Å². The van der Waals surface area contributed by atoms with Gasteiger partial charge in [-0.1, -0.05) is 29.4 Å². The highest BCUT2D eigenvalue weighted by molar-refractivity contribution is 7.99. The maximum atomic E-state index is 12.5. The van der Waals surface area contributed by atoms with Crippen LogP contribution in [0.3, 0.4) is 0 Å². The van der Waals surface area contributed by atoms with Crippen LogP contribution < -0.4 is 14.8 Å². The molecule has 1 aromatic heterocycles. The highest BCUT2D eigenvalue weighted by atomic mass is 35.5. The van der Waals surface area contributed by atoms with Crippen molar-refractivity contribution in [2.24, 2.45) is 0 Å². The lowest BCUT2D eigenvalue weighted by Gasteiger charge is -2.11. The molecule has 2 heterocycles. The SMILES string of the molecule is CC(=O)c1cc2c(cc1NC(=O)CSc1nccn1-c1cccc(Cl)c1)OCO2. The minimum atomic E-state index is -0.267. The first-order valence-electron chi connectivity index (χ1n) is 8.68. The molecule has 148 valence electrons. The number of rotatable bonds is 6. The van der Waals surface area contributed by atoms with E-state index in [0.29, 0.717) is 32.9 Å². The lowest BCUT2D eigenvalue weighted by atomic mass is 10.1. The molecule has 0 unspecified atom stereocenters. The van der Waals surface area contributed by atoms with Gasteiger partial charge >= 0.3 is 0 Å². The van der Waals surface area contributed by atoms with Gasteiger partial charge in [0, 0.05) is 34.7 Å². The topological polar surface area (TPSA) is 82.5 Å². The summed E-state index contributed by atoms with van der Waals surface area (Å²) in [6.07, 6.45) is 3.46. The monoisotopic (exact) mass is 429 g/mol. The zero-order chi connectivity index (χ0) is 20.4. The summed E-state index contributed by atoms with van der Waals surface area (Å²) in [6.45, 7) is 1.52. The molecule has 0 radical (unpaired) electrons. The average Bonchev–Trinajstić information content (AvgIpc) is 3.34. The smallest absolute Gasteiger partial charge is 0.234 e. The summed E-state index contributed by atoms with van der Waals surface area (Å²) in [6, 6.07) is 10.6. The third-order valence-corrected chi connectivity index (χ3v) is 5.39. The van der Waals surface area contributed by atoms with E-state index < -0.39 is 0 Å². The summed E-state index contributed by atoms with van der Waals surface area (Å²) in [5, 5.41) is 4.05. The normalized spacial score (nSPS) is 12.1. The molecular formula is C20H16ClN3O4S. The first-order chi connectivity index (χ1) is 14.0. The van der Waals surface area contributed by atoms with E-state index in [1.165, 1.54) is 18.7 Å². The average molecular weight is 430 g/mol. The second kappa shape index (κ2) is 8.18. The van der Waals surface area contributed by atoms with Crippen molar-refractivity contribution in [2.75, 3.05) is 17.9 Å². The predicted octanol–water partition coefficient (Wildman–Crippen LogP) is 4.19. The maximum Gasteiger partial charge on any atom is 0.234 e. The van der Waals surface area contributed by atoms with Gasteiger partial charge in [-0.3, -0.25) is 14.2 Å². The summed E-state index contributed by atoms with van der Waals surface area (Å²) >= 11 is 7.34. The van der Waals surface area contributed by atoms with Crippen molar-refractivity contribution < 1.29 is 19.1 Å². The number of Topliss-reactive ketones (excluding diaryl/α,β-unsaturated/α-hetero) is 1. The number of halogens is 1. The van der Waals surface area contributed by atoms with Gasteiger partial charge in [0.1, 0.15) is 0 Å². The molecule has 0 aliphatic carbocycles. The second-order valence-corrected chi connectivity index (χ2v) is 7.58. The number of imidazole rings is 1. The van der Waals surface area contributed by atoms with E-state index in [9.17, 15) is 9.59 Å². The molecule has 0 spiro atoms. The van der Waals surface area contributed by atoms with Gasteiger partial charge in [0.05, 0.1) is 11.4 Å². The van der Waals surface area contributed by atoms with E-state index in [0.717, 1.165) is 5.69 Å². The van der Waals surface area contributed by atoms with E-state index in [-0.39, 0.29) is 24.2 Å². The molecule has 9 heteroatoms. The highest BCUT2D eigenvalue weighted by Crippen LogP contribution is 2.37. The first kappa shape index (κ1) is 19.4. The van der Waals surface area contributed by atoms with Crippen LogP contribution >= 0.6 is 23.4 Å². The van der Waals surface area contributed by atoms with Crippen LogP contribution in [0.5, 0.6) is 11.5 Å². The number of amides is 1. The van der Waals surface area contributed by atoms with Crippen molar-refractivity contribution in [3.8, 4) is 17.2 Å². The first-order valence-corrected chi connectivity index (χ1v) is 10.0. The van der Waals surface area contributed by atoms with E-state index in [2.05, 4.69) is 10.3 Å². The summed E-state index contributed by atoms with van der Waals surface area (Å²) in [5.41, 5.74) is 1.62. The number of thioether (sulfide) groups is 1. The molecular weight excluding hydrogens is 414 g/mol. The van der Waals surface area contributed by atoms with E-state index in [4.69, 9.17) is 21.1 Å². The summed E-state index contributed by atoms with van der Waals surface area (Å²) in [7, 11) is 0. The summed E-state index contributed by atoms with van der Waals surface area (Å²) < 4.78 is 12.5. The molecule has 0 fully saturated rings. The number of hydrogen-bond donors (Lipinski definition) is 1. The van der Waals surface area contributed by atoms with E-state index >= 15 is 0 Å². The number of ether oxygens (including phenoxy) is 2. The summed E-state index contributed by atoms with van der Waals surface area (Å²) in [5.74, 6) is 0.656. The molecule has 1 aliphatic heterocycles. The fourth-order valence-electron chi connectivity index (χ4n) is 2.87. The number of hydrogen-bond acceptors (Lipinski definition) is 6. The van der Waals surface area contributed by atoms with Gasteiger partial charge in [0.2, 0.25) is 12.7 Å². The van der Waals surface area contributed by atoms with Gasteiger partial charge in [-0.15, -0.1) is 0 Å². The number of nitrogens with one attached hydrogen (secondary N) is 1. The fraction of sp³-hybridized carbons (Fsp3) is 0.150. The number of fused-ring (bicyclic) bond motifs is 1.